The van der Waals surface area contributed by atoms with Crippen molar-refractivity contribution in [2.45, 2.75) is 44.5 Å². The van der Waals surface area contributed by atoms with Crippen LogP contribution in [0.5, 0.6) is 0 Å². The van der Waals surface area contributed by atoms with Gasteiger partial charge in [0.25, 0.3) is 0 Å². The Morgan fingerprint density at radius 3 is 2.67 bits per heavy atom. The topological polar surface area (TPSA) is 50.2 Å². The summed E-state index contributed by atoms with van der Waals surface area (Å²) in [6.45, 7) is 5.38. The van der Waals surface area contributed by atoms with Crippen molar-refractivity contribution in [3.8, 4) is 0 Å². The van der Waals surface area contributed by atoms with Gasteiger partial charge in [-0.1, -0.05) is 19.1 Å². The van der Waals surface area contributed by atoms with Crippen molar-refractivity contribution in [2.24, 2.45) is 0 Å². The van der Waals surface area contributed by atoms with Gasteiger partial charge in [0.05, 0.1) is 16.8 Å². The average molecular weight is 433 g/mol. The number of aromatic nitrogens is 2. The molecule has 1 aromatic heterocycles. The summed E-state index contributed by atoms with van der Waals surface area (Å²) in [6.07, 6.45) is 5.17. The van der Waals surface area contributed by atoms with Crippen LogP contribution in [0.3, 0.4) is 0 Å². The lowest BCUT2D eigenvalue weighted by Gasteiger charge is -2.35. The van der Waals surface area contributed by atoms with Crippen molar-refractivity contribution in [2.75, 3.05) is 25.9 Å². The number of hydrogen-bond donors (Lipinski definition) is 1. The zero-order valence-corrected chi connectivity index (χ0v) is 18.5. The number of carbonyl (C=O) groups excluding carboxylic acids is 1. The Morgan fingerprint density at radius 2 is 2.00 bits per heavy atom. The van der Waals surface area contributed by atoms with Gasteiger partial charge in [-0.3, -0.25) is 4.79 Å². The fourth-order valence-corrected chi connectivity index (χ4v) is 4.12. The second-order valence-corrected chi connectivity index (χ2v) is 7.47. The fourth-order valence-electron chi connectivity index (χ4n) is 3.64. The van der Waals surface area contributed by atoms with E-state index < -0.39 is 0 Å². The molecule has 2 heterocycles. The van der Waals surface area contributed by atoms with Crippen LogP contribution in [0.25, 0.3) is 11.0 Å². The summed E-state index contributed by atoms with van der Waals surface area (Å²) < 4.78 is 2.11. The summed E-state index contributed by atoms with van der Waals surface area (Å²) >= 11 is 1.74. The number of rotatable bonds is 7. The predicted molar refractivity (Wildman–Crippen MR) is 119 cm³/mol. The molecule has 0 radical (unpaired) electrons. The average Bonchev–Trinajstić information content (AvgIpc) is 2.98. The standard InChI is InChI=1S/C19H28N4OS.2ClH/c1-3-12-22(15-8-10-20-11-9-15)19(24)13-23-17-7-5-4-6-16(17)21-18(23)14-25-2;;/h4-7,15,20H,3,8-14H2,1-2H3;2*1H. The van der Waals surface area contributed by atoms with Crippen molar-refractivity contribution >= 4 is 53.5 Å². The molecule has 152 valence electrons. The third-order valence-corrected chi connectivity index (χ3v) is 5.38. The highest BCUT2D eigenvalue weighted by atomic mass is 35.5. The number of benzene rings is 1. The SMILES string of the molecule is CCCN(C(=O)Cn1c(CSC)nc2ccccc21)C1CCNCC1.Cl.Cl. The molecule has 2 aromatic rings. The van der Waals surface area contributed by atoms with Crippen LogP contribution < -0.4 is 5.32 Å². The number of nitrogens with zero attached hydrogens (tertiary/aromatic N) is 3. The molecule has 0 aliphatic carbocycles. The quantitative estimate of drug-likeness (QED) is 0.723. The smallest absolute Gasteiger partial charge is 0.242 e. The molecule has 5 nitrogen and oxygen atoms in total. The van der Waals surface area contributed by atoms with E-state index in [9.17, 15) is 4.79 Å². The molecule has 1 fully saturated rings. The first-order valence-electron chi connectivity index (χ1n) is 9.17. The molecule has 27 heavy (non-hydrogen) atoms. The van der Waals surface area contributed by atoms with Gasteiger partial charge >= 0.3 is 0 Å². The Bertz CT molecular complexity index is 719. The normalized spacial score (nSPS) is 14.4. The lowest BCUT2D eigenvalue weighted by atomic mass is 10.0. The van der Waals surface area contributed by atoms with Gasteiger partial charge in [0.1, 0.15) is 12.4 Å². The first-order chi connectivity index (χ1) is 12.2. The molecular weight excluding hydrogens is 403 g/mol. The first-order valence-corrected chi connectivity index (χ1v) is 10.6. The van der Waals surface area contributed by atoms with E-state index in [1.54, 1.807) is 11.8 Å². The zero-order chi connectivity index (χ0) is 17.6. The molecule has 0 unspecified atom stereocenters. The van der Waals surface area contributed by atoms with Crippen molar-refractivity contribution in [3.05, 3.63) is 30.1 Å². The van der Waals surface area contributed by atoms with Crippen molar-refractivity contribution in [3.63, 3.8) is 0 Å². The number of piperidine rings is 1. The minimum atomic E-state index is 0. The van der Waals surface area contributed by atoms with E-state index in [-0.39, 0.29) is 30.7 Å². The summed E-state index contributed by atoms with van der Waals surface area (Å²) in [5, 5.41) is 3.39. The molecular formula is C19H30Cl2N4OS. The number of para-hydroxylation sites is 2. The van der Waals surface area contributed by atoms with Gasteiger partial charge in [0.2, 0.25) is 5.91 Å². The van der Waals surface area contributed by atoms with Gasteiger partial charge < -0.3 is 14.8 Å². The Balaban J connectivity index is 0.00000182. The second-order valence-electron chi connectivity index (χ2n) is 6.60. The number of amides is 1. The summed E-state index contributed by atoms with van der Waals surface area (Å²) in [6, 6.07) is 8.48. The van der Waals surface area contributed by atoms with Crippen LogP contribution in [0, 0.1) is 0 Å². The molecule has 1 aliphatic rings. The molecule has 1 N–H and O–H groups in total. The third-order valence-electron chi connectivity index (χ3n) is 4.83. The van der Waals surface area contributed by atoms with E-state index in [4.69, 9.17) is 4.98 Å². The molecule has 8 heteroatoms. The summed E-state index contributed by atoms with van der Waals surface area (Å²) in [4.78, 5) is 20.0. The lowest BCUT2D eigenvalue weighted by Crippen LogP contribution is -2.47. The van der Waals surface area contributed by atoms with E-state index in [2.05, 4.69) is 34.0 Å². The van der Waals surface area contributed by atoms with Crippen molar-refractivity contribution in [1.82, 2.24) is 19.8 Å². The highest BCUT2D eigenvalue weighted by Gasteiger charge is 2.25. The van der Waals surface area contributed by atoms with Crippen LogP contribution >= 0.6 is 36.6 Å². The van der Waals surface area contributed by atoms with Crippen molar-refractivity contribution in [1.29, 1.82) is 0 Å². The van der Waals surface area contributed by atoms with Gasteiger partial charge in [0, 0.05) is 12.6 Å². The first kappa shape index (κ1) is 24.1. The number of imidazole rings is 1. The molecule has 1 aliphatic heterocycles. The number of carbonyl (C=O) groups is 1. The highest BCUT2D eigenvalue weighted by molar-refractivity contribution is 7.97. The predicted octanol–water partition coefficient (Wildman–Crippen LogP) is 3.73. The van der Waals surface area contributed by atoms with Crippen LogP contribution in [0.15, 0.2) is 24.3 Å². The Labute approximate surface area is 178 Å². The lowest BCUT2D eigenvalue weighted by molar-refractivity contribution is -0.134. The monoisotopic (exact) mass is 432 g/mol. The van der Waals surface area contributed by atoms with Gasteiger partial charge in [-0.2, -0.15) is 11.8 Å². The van der Waals surface area contributed by atoms with Gasteiger partial charge in [-0.25, -0.2) is 4.98 Å². The molecule has 3 rings (SSSR count). The largest absolute Gasteiger partial charge is 0.338 e. The van der Waals surface area contributed by atoms with Crippen LogP contribution in [-0.4, -0.2) is 52.3 Å². The fraction of sp³-hybridized carbons (Fsp3) is 0.579. The number of fused-ring (bicyclic) bond motifs is 1. The van der Waals surface area contributed by atoms with Crippen LogP contribution in [0.2, 0.25) is 0 Å². The van der Waals surface area contributed by atoms with E-state index in [1.807, 2.05) is 18.2 Å². The molecule has 0 bridgehead atoms. The number of hydrogen-bond acceptors (Lipinski definition) is 4. The Hall–Kier alpha value is -0.950. The minimum absolute atomic E-state index is 0. The number of halogens is 2. The third kappa shape index (κ3) is 5.76. The zero-order valence-electron chi connectivity index (χ0n) is 16.0. The van der Waals surface area contributed by atoms with E-state index in [0.29, 0.717) is 12.6 Å². The van der Waals surface area contributed by atoms with Crippen LogP contribution in [0.4, 0.5) is 0 Å². The van der Waals surface area contributed by atoms with E-state index in [1.165, 1.54) is 0 Å². The van der Waals surface area contributed by atoms with E-state index >= 15 is 0 Å². The highest BCUT2D eigenvalue weighted by Crippen LogP contribution is 2.20. The maximum Gasteiger partial charge on any atom is 0.242 e. The van der Waals surface area contributed by atoms with Crippen LogP contribution in [0.1, 0.15) is 32.0 Å². The summed E-state index contributed by atoms with van der Waals surface area (Å²) in [7, 11) is 0. The Morgan fingerprint density at radius 1 is 1.30 bits per heavy atom. The maximum absolute atomic E-state index is 13.2. The van der Waals surface area contributed by atoms with Gasteiger partial charge in [-0.05, 0) is 50.7 Å². The minimum Gasteiger partial charge on any atom is -0.338 e. The maximum atomic E-state index is 13.2. The van der Waals surface area contributed by atoms with Gasteiger partial charge in [0.15, 0.2) is 0 Å². The number of nitrogens with one attached hydrogen (secondary N) is 1. The summed E-state index contributed by atoms with van der Waals surface area (Å²) in [5.41, 5.74) is 2.03. The molecule has 0 spiro atoms. The second kappa shape index (κ2) is 11.8. The number of thioether (sulfide) groups is 1. The van der Waals surface area contributed by atoms with E-state index in [0.717, 1.165) is 61.5 Å². The molecule has 1 saturated heterocycles. The molecule has 1 aromatic carbocycles. The van der Waals surface area contributed by atoms with Crippen molar-refractivity contribution < 1.29 is 4.79 Å². The summed E-state index contributed by atoms with van der Waals surface area (Å²) in [5.74, 6) is 2.03. The molecule has 1 amide bonds. The Kier molecular flexibility index (Phi) is 10.5. The molecule has 0 atom stereocenters. The van der Waals surface area contributed by atoms with Gasteiger partial charge in [-0.15, -0.1) is 24.8 Å². The van der Waals surface area contributed by atoms with Crippen LogP contribution in [-0.2, 0) is 17.1 Å². The molecule has 0 saturated carbocycles.